The number of benzene rings is 1. The Morgan fingerprint density at radius 3 is 2.32 bits per heavy atom. The fourth-order valence-corrected chi connectivity index (χ4v) is 2.49. The van der Waals surface area contributed by atoms with Crippen LogP contribution in [0.25, 0.3) is 10.9 Å². The van der Waals surface area contributed by atoms with Gasteiger partial charge in [-0.15, -0.1) is 0 Å². The van der Waals surface area contributed by atoms with Crippen LogP contribution in [0.1, 0.15) is 12.7 Å². The minimum absolute atomic E-state index is 0.00721. The Morgan fingerprint density at radius 1 is 1.04 bits per heavy atom. The fraction of sp³-hybridized carbons (Fsp3) is 0.188. The van der Waals surface area contributed by atoms with Crippen molar-refractivity contribution < 1.29 is 17.6 Å². The Kier molecular flexibility index (Phi) is 4.39. The lowest BCUT2D eigenvalue weighted by Crippen LogP contribution is -2.28. The van der Waals surface area contributed by atoms with E-state index < -0.39 is 34.8 Å². The van der Waals surface area contributed by atoms with E-state index >= 15 is 0 Å². The second-order valence-corrected chi connectivity index (χ2v) is 5.21. The molecule has 2 aromatic heterocycles. The summed E-state index contributed by atoms with van der Waals surface area (Å²) in [5.41, 5.74) is -0.932. The zero-order chi connectivity index (χ0) is 18.1. The van der Waals surface area contributed by atoms with E-state index in [1.807, 2.05) is 0 Å². The van der Waals surface area contributed by atoms with Crippen LogP contribution >= 0.6 is 0 Å². The number of H-pyrrole nitrogens is 1. The molecule has 0 amide bonds. The number of hydrogen-bond donors (Lipinski definition) is 1. The van der Waals surface area contributed by atoms with Crippen LogP contribution in [-0.4, -0.2) is 21.5 Å². The van der Waals surface area contributed by atoms with Crippen LogP contribution in [0.3, 0.4) is 0 Å². The van der Waals surface area contributed by atoms with Gasteiger partial charge in [0.05, 0.1) is 17.4 Å². The molecule has 1 aromatic carbocycles. The van der Waals surface area contributed by atoms with Crippen LogP contribution in [0.5, 0.6) is 0 Å². The van der Waals surface area contributed by atoms with Crippen molar-refractivity contribution in [2.45, 2.75) is 13.5 Å². The Bertz CT molecular complexity index is 979. The van der Waals surface area contributed by atoms with Crippen molar-refractivity contribution in [3.8, 4) is 0 Å². The van der Waals surface area contributed by atoms with Gasteiger partial charge in [-0.05, 0) is 19.1 Å². The second-order valence-electron chi connectivity index (χ2n) is 5.21. The molecule has 0 bridgehead atoms. The predicted molar refractivity (Wildman–Crippen MR) is 83.2 cm³/mol. The SMILES string of the molecule is CCN(Cc1nc2ccccc2c(=O)[nH]1)c1c(F)c(F)nc(F)c1F. The van der Waals surface area contributed by atoms with Crippen molar-refractivity contribution in [1.29, 1.82) is 0 Å². The van der Waals surface area contributed by atoms with E-state index in [4.69, 9.17) is 0 Å². The predicted octanol–water partition coefficient (Wildman–Crippen LogP) is 2.90. The molecule has 0 aliphatic carbocycles. The summed E-state index contributed by atoms with van der Waals surface area (Å²) in [6, 6.07) is 6.54. The third-order valence-corrected chi connectivity index (χ3v) is 3.67. The molecule has 0 radical (unpaired) electrons. The third kappa shape index (κ3) is 3.04. The zero-order valence-electron chi connectivity index (χ0n) is 13.0. The summed E-state index contributed by atoms with van der Waals surface area (Å²) in [5, 5.41) is 0.354. The number of hydrogen-bond acceptors (Lipinski definition) is 4. The normalized spacial score (nSPS) is 11.1. The molecule has 3 rings (SSSR count). The molecule has 0 atom stereocenters. The highest BCUT2D eigenvalue weighted by Crippen LogP contribution is 2.27. The van der Waals surface area contributed by atoms with Crippen molar-refractivity contribution in [3.05, 3.63) is 64.0 Å². The topological polar surface area (TPSA) is 61.9 Å². The molecule has 0 spiro atoms. The van der Waals surface area contributed by atoms with Crippen molar-refractivity contribution in [2.24, 2.45) is 0 Å². The lowest BCUT2D eigenvalue weighted by Gasteiger charge is -2.23. The van der Waals surface area contributed by atoms with Crippen molar-refractivity contribution in [1.82, 2.24) is 15.0 Å². The van der Waals surface area contributed by atoms with Gasteiger partial charge in [-0.3, -0.25) is 4.79 Å². The maximum atomic E-state index is 13.9. The number of nitrogens with one attached hydrogen (secondary N) is 1. The lowest BCUT2D eigenvalue weighted by atomic mass is 10.2. The second kappa shape index (κ2) is 6.50. The third-order valence-electron chi connectivity index (χ3n) is 3.67. The summed E-state index contributed by atoms with van der Waals surface area (Å²) in [5.74, 6) is -6.60. The lowest BCUT2D eigenvalue weighted by molar-refractivity contribution is 0.405. The van der Waals surface area contributed by atoms with Crippen LogP contribution in [0.4, 0.5) is 23.2 Å². The highest BCUT2D eigenvalue weighted by Gasteiger charge is 2.25. The standard InChI is InChI=1S/C16H12F4N4O/c1-2-24(13-11(17)14(19)23-15(20)12(13)18)7-10-21-9-6-4-3-5-8(9)16(25)22-10/h3-6H,2,7H2,1H3,(H,21,22,25). The van der Waals surface area contributed by atoms with Gasteiger partial charge < -0.3 is 9.88 Å². The molecule has 0 fully saturated rings. The molecule has 9 heteroatoms. The average Bonchev–Trinajstić information content (AvgIpc) is 2.59. The molecular formula is C16H12F4N4O. The van der Waals surface area contributed by atoms with E-state index in [0.29, 0.717) is 10.9 Å². The molecule has 0 saturated heterocycles. The number of anilines is 1. The van der Waals surface area contributed by atoms with Crippen molar-refractivity contribution in [2.75, 3.05) is 11.4 Å². The fourth-order valence-electron chi connectivity index (χ4n) is 2.49. The first-order chi connectivity index (χ1) is 11.9. The van der Waals surface area contributed by atoms with Gasteiger partial charge in [0.2, 0.25) is 11.6 Å². The molecule has 0 aliphatic heterocycles. The van der Waals surface area contributed by atoms with Gasteiger partial charge in [-0.1, -0.05) is 12.1 Å². The summed E-state index contributed by atoms with van der Waals surface area (Å²) in [7, 11) is 0. The number of nitrogens with zero attached hydrogens (tertiary/aromatic N) is 3. The number of halogens is 4. The number of para-hydroxylation sites is 1. The first-order valence-electron chi connectivity index (χ1n) is 7.35. The molecule has 0 unspecified atom stereocenters. The summed E-state index contributed by atoms with van der Waals surface area (Å²) >= 11 is 0. The van der Waals surface area contributed by atoms with Gasteiger partial charge in [0.25, 0.3) is 17.5 Å². The van der Waals surface area contributed by atoms with Crippen molar-refractivity contribution in [3.63, 3.8) is 0 Å². The van der Waals surface area contributed by atoms with E-state index in [0.717, 1.165) is 4.90 Å². The minimum Gasteiger partial charge on any atom is -0.359 e. The average molecular weight is 352 g/mol. The molecule has 25 heavy (non-hydrogen) atoms. The molecule has 2 heterocycles. The van der Waals surface area contributed by atoms with E-state index in [2.05, 4.69) is 15.0 Å². The first kappa shape index (κ1) is 16.9. The van der Waals surface area contributed by atoms with E-state index in [-0.39, 0.29) is 18.9 Å². The summed E-state index contributed by atoms with van der Waals surface area (Å²) in [6.45, 7) is 1.29. The Hall–Kier alpha value is -2.97. The molecular weight excluding hydrogens is 340 g/mol. The Labute approximate surface area is 139 Å². The van der Waals surface area contributed by atoms with Gasteiger partial charge in [0.15, 0.2) is 0 Å². The molecule has 0 saturated carbocycles. The minimum atomic E-state index is -1.74. The largest absolute Gasteiger partial charge is 0.359 e. The summed E-state index contributed by atoms with van der Waals surface area (Å²) < 4.78 is 54.5. The maximum absolute atomic E-state index is 13.9. The number of pyridine rings is 1. The monoisotopic (exact) mass is 352 g/mol. The molecule has 1 N–H and O–H groups in total. The smallest absolute Gasteiger partial charge is 0.258 e. The molecule has 130 valence electrons. The number of fused-ring (bicyclic) bond motifs is 1. The number of aromatic nitrogens is 3. The maximum Gasteiger partial charge on any atom is 0.258 e. The number of aromatic amines is 1. The first-order valence-corrected chi connectivity index (χ1v) is 7.35. The van der Waals surface area contributed by atoms with E-state index in [1.165, 1.54) is 6.92 Å². The van der Waals surface area contributed by atoms with Gasteiger partial charge in [-0.25, -0.2) is 4.98 Å². The Morgan fingerprint density at radius 2 is 1.68 bits per heavy atom. The summed E-state index contributed by atoms with van der Waals surface area (Å²) in [6.07, 6.45) is 0. The Balaban J connectivity index is 2.06. The van der Waals surface area contributed by atoms with Gasteiger partial charge >= 0.3 is 0 Å². The van der Waals surface area contributed by atoms with Gasteiger partial charge in [0, 0.05) is 6.54 Å². The molecule has 5 nitrogen and oxygen atoms in total. The van der Waals surface area contributed by atoms with E-state index in [1.54, 1.807) is 24.3 Å². The zero-order valence-corrected chi connectivity index (χ0v) is 13.0. The number of rotatable bonds is 4. The van der Waals surface area contributed by atoms with E-state index in [9.17, 15) is 22.4 Å². The van der Waals surface area contributed by atoms with Crippen LogP contribution in [0, 0.1) is 23.5 Å². The molecule has 0 aliphatic rings. The van der Waals surface area contributed by atoms with Crippen LogP contribution in [-0.2, 0) is 6.54 Å². The van der Waals surface area contributed by atoms with Crippen molar-refractivity contribution >= 4 is 16.6 Å². The highest BCUT2D eigenvalue weighted by atomic mass is 19.2. The highest BCUT2D eigenvalue weighted by molar-refractivity contribution is 5.77. The van der Waals surface area contributed by atoms with Gasteiger partial charge in [0.1, 0.15) is 11.5 Å². The van der Waals surface area contributed by atoms with Crippen LogP contribution in [0.2, 0.25) is 0 Å². The quantitative estimate of drug-likeness (QED) is 0.579. The van der Waals surface area contributed by atoms with Crippen LogP contribution < -0.4 is 10.5 Å². The van der Waals surface area contributed by atoms with Gasteiger partial charge in [-0.2, -0.15) is 22.5 Å². The summed E-state index contributed by atoms with van der Waals surface area (Å²) in [4.78, 5) is 22.3. The molecule has 3 aromatic rings. The van der Waals surface area contributed by atoms with Crippen LogP contribution in [0.15, 0.2) is 29.1 Å².